The van der Waals surface area contributed by atoms with Crippen molar-refractivity contribution in [3.8, 4) is 0 Å². The minimum Gasteiger partial charge on any atom is -0.368 e. The Bertz CT molecular complexity index is 3270. The van der Waals surface area contributed by atoms with Crippen molar-refractivity contribution in [3.63, 3.8) is 0 Å². The van der Waals surface area contributed by atoms with Gasteiger partial charge in [-0.25, -0.2) is 0 Å². The van der Waals surface area contributed by atoms with Gasteiger partial charge in [0.15, 0.2) is 0 Å². The minimum absolute atomic E-state index is 0.0108. The van der Waals surface area contributed by atoms with Crippen molar-refractivity contribution in [2.45, 2.75) is 406 Å². The van der Waals surface area contributed by atoms with Crippen molar-refractivity contribution in [1.29, 1.82) is 0 Å². The third kappa shape index (κ3) is 55.3. The molecule has 0 radical (unpaired) electrons. The number of nitrogens with one attached hydrogen (secondary N) is 14. The molecule has 0 saturated heterocycles. The van der Waals surface area contributed by atoms with E-state index in [0.717, 1.165) is 25.7 Å². The smallest absolute Gasteiger partial charge is 0.243 e. The quantitative estimate of drug-likeness (QED) is 0.0387. The van der Waals surface area contributed by atoms with Gasteiger partial charge in [-0.2, -0.15) is 0 Å². The fourth-order valence-corrected chi connectivity index (χ4v) is 15.0. The van der Waals surface area contributed by atoms with Crippen molar-refractivity contribution >= 4 is 88.6 Å². The predicted molar refractivity (Wildman–Crippen MR) is 510 cm³/mol. The van der Waals surface area contributed by atoms with E-state index in [2.05, 4.69) is 81.4 Å². The van der Waals surface area contributed by atoms with Crippen LogP contribution in [0.1, 0.15) is 321 Å². The van der Waals surface area contributed by atoms with Crippen LogP contribution in [0.15, 0.2) is 0 Å². The van der Waals surface area contributed by atoms with E-state index in [-0.39, 0.29) is 170 Å². The van der Waals surface area contributed by atoms with Gasteiger partial charge in [0.1, 0.15) is 84.6 Å². The molecular weight excluding hydrogens is 1670 g/mol. The molecule has 0 aliphatic rings. The predicted octanol–water partition coefficient (Wildman–Crippen LogP) is 1.93. The highest BCUT2D eigenvalue weighted by Crippen LogP contribution is 2.19. The Morgan fingerprint density at radius 3 is 0.492 bits per heavy atom. The van der Waals surface area contributed by atoms with E-state index in [1.165, 1.54) is 0 Å². The number of unbranched alkanes of at least 4 members (excludes halogenated alkanes) is 12. The third-order valence-corrected chi connectivity index (χ3v) is 22.2. The molecule has 32 N–H and O–H groups in total. The number of carbonyl (C=O) groups excluding carboxylic acids is 15. The average molecular weight is 1850 g/mol. The molecule has 752 valence electrons. The van der Waals surface area contributed by atoms with Gasteiger partial charge in [-0.3, -0.25) is 71.9 Å². The van der Waals surface area contributed by atoms with Crippen LogP contribution in [0.3, 0.4) is 0 Å². The molecular formula is C92H179N23O15. The SMILES string of the molecule is CCCCCCCC(=O)N[C@@H](CCCCN)C(=O)N[C@@H](CCCCN)C(=O)N[C@@H](CC(C)C)C(=O)N[C@@H](CC(C)C)C(=O)N[C@@H](CCCCN)C(=O)N[C@@H](CCCCN)C(=O)N[C@@H](CC(C)C)C(=O)N[C@@H](CCCCN)C(=O)N[C@@H](CCCCN)C(=O)N[C@@H](CC(C)C)C(=O)N[C@@H](CC(C)C)C(=O)N[C@@H](CCCCN)C(=O)N[C@@H](CCCCN)C(=O)N[C@@H](CC(C)C)C(N)=O. The summed E-state index contributed by atoms with van der Waals surface area (Å²) in [6.45, 7) is 26.4. The molecule has 15 amide bonds. The molecule has 0 fully saturated rings. The molecule has 0 bridgehead atoms. The van der Waals surface area contributed by atoms with Gasteiger partial charge in [-0.05, 0) is 287 Å². The van der Waals surface area contributed by atoms with E-state index in [0.29, 0.717) is 129 Å². The van der Waals surface area contributed by atoms with E-state index < -0.39 is 167 Å². The standard InChI is InChI=1S/C92H179N23O15/c1-14-15-16-17-18-43-78(116)102-64(35-19-27-44-93)80(118)103-69(40-24-32-49-98)85(123)112-76(56-62(10)11)91(129)114-75(55-61(8)9)90(128)109-67(38-22-30-47-96)83(121)105-70(41-25-33-50-99)86(124)111-73(53-59(4)5)88(126)107-66(37-21-29-46-95)82(120)106-71(42-26-34-51-100)87(125)113-77(57-63(12)13)92(130)115-74(54-60(6)7)89(127)108-65(36-20-28-45-94)81(119)104-68(39-23-31-48-97)84(122)110-72(79(101)117)52-58(2)3/h58-77H,14-57,93-100H2,1-13H3,(H2,101,117)(H,102,116)(H,103,118)(H,104,119)(H,105,121)(H,106,120)(H,107,126)(H,108,127)(H,109,128)(H,110,122)(H,111,124)(H,112,123)(H,113,125)(H,114,129)(H,115,130)/t64-,65-,66-,67-,68-,69-,70-,71-,72-,73-,74-,75-,76-,77-/m0/s1. The molecule has 0 heterocycles. The lowest BCUT2D eigenvalue weighted by Gasteiger charge is -2.30. The number of hydrogen-bond acceptors (Lipinski definition) is 23. The first-order chi connectivity index (χ1) is 61.7. The Kier molecular flexibility index (Phi) is 67.7. The van der Waals surface area contributed by atoms with Gasteiger partial charge in [0.2, 0.25) is 88.6 Å². The van der Waals surface area contributed by atoms with Crippen LogP contribution in [-0.4, -0.2) is 226 Å². The lowest BCUT2D eigenvalue weighted by Crippen LogP contribution is -2.61. The fourth-order valence-electron chi connectivity index (χ4n) is 15.0. The van der Waals surface area contributed by atoms with Crippen LogP contribution >= 0.6 is 0 Å². The first-order valence-electron chi connectivity index (χ1n) is 48.9. The molecule has 0 aromatic rings. The monoisotopic (exact) mass is 1850 g/mol. The number of nitrogens with two attached hydrogens (primary N) is 9. The molecule has 14 atom stereocenters. The van der Waals surface area contributed by atoms with Crippen LogP contribution in [0, 0.1) is 35.5 Å². The summed E-state index contributed by atoms with van der Waals surface area (Å²) in [5, 5.41) is 39.6. The lowest BCUT2D eigenvalue weighted by molar-refractivity contribution is -0.137. The van der Waals surface area contributed by atoms with E-state index >= 15 is 0 Å². The van der Waals surface area contributed by atoms with Crippen LogP contribution in [0.5, 0.6) is 0 Å². The van der Waals surface area contributed by atoms with Crippen LogP contribution in [0.25, 0.3) is 0 Å². The zero-order valence-electron chi connectivity index (χ0n) is 81.5. The molecule has 0 rings (SSSR count). The molecule has 0 aliphatic heterocycles. The number of primary amides is 1. The van der Waals surface area contributed by atoms with Gasteiger partial charge in [-0.1, -0.05) is 116 Å². The Hall–Kier alpha value is -8.27. The van der Waals surface area contributed by atoms with Crippen LogP contribution in [-0.2, 0) is 71.9 Å². The zero-order chi connectivity index (χ0) is 98.2. The maximum absolute atomic E-state index is 15.0. The molecule has 38 heteroatoms. The minimum atomic E-state index is -1.33. The number of hydrogen-bond donors (Lipinski definition) is 23. The zero-order valence-corrected chi connectivity index (χ0v) is 81.5. The Labute approximate surface area is 776 Å². The summed E-state index contributed by atoms with van der Waals surface area (Å²) in [6, 6.07) is -17.1. The molecule has 38 nitrogen and oxygen atoms in total. The number of amides is 15. The topological polar surface area (TPSA) is 659 Å². The summed E-state index contributed by atoms with van der Waals surface area (Å²) < 4.78 is 0. The van der Waals surface area contributed by atoms with Gasteiger partial charge in [0, 0.05) is 6.42 Å². The summed E-state index contributed by atoms with van der Waals surface area (Å²) in [5.41, 5.74) is 52.8. The molecule has 0 saturated carbocycles. The van der Waals surface area contributed by atoms with Crippen molar-refractivity contribution < 1.29 is 71.9 Å². The van der Waals surface area contributed by atoms with E-state index in [4.69, 9.17) is 51.6 Å². The molecule has 0 unspecified atom stereocenters. The van der Waals surface area contributed by atoms with E-state index in [1.54, 1.807) is 0 Å². The largest absolute Gasteiger partial charge is 0.368 e. The number of rotatable bonds is 78. The molecule has 0 aromatic carbocycles. The fraction of sp³-hybridized carbons (Fsp3) is 0.837. The van der Waals surface area contributed by atoms with Crippen LogP contribution in [0.2, 0.25) is 0 Å². The molecule has 130 heavy (non-hydrogen) atoms. The van der Waals surface area contributed by atoms with Crippen LogP contribution < -0.4 is 126 Å². The Morgan fingerprint density at radius 2 is 0.331 bits per heavy atom. The van der Waals surface area contributed by atoms with Gasteiger partial charge in [0.25, 0.3) is 0 Å². The normalized spacial score (nSPS) is 14.8. The lowest BCUT2D eigenvalue weighted by atomic mass is 9.98. The highest BCUT2D eigenvalue weighted by molar-refractivity contribution is 6.00. The van der Waals surface area contributed by atoms with Gasteiger partial charge in [0.05, 0.1) is 0 Å². The highest BCUT2D eigenvalue weighted by atomic mass is 16.2. The third-order valence-electron chi connectivity index (χ3n) is 22.2. The average Bonchev–Trinajstić information content (AvgIpc) is 0.855. The Morgan fingerprint density at radius 1 is 0.185 bits per heavy atom. The maximum atomic E-state index is 15.0. The summed E-state index contributed by atoms with van der Waals surface area (Å²) in [5.74, 6) is -11.5. The van der Waals surface area contributed by atoms with Crippen molar-refractivity contribution in [3.05, 3.63) is 0 Å². The second kappa shape index (κ2) is 72.3. The molecule has 0 spiro atoms. The van der Waals surface area contributed by atoms with Crippen molar-refractivity contribution in [2.75, 3.05) is 52.4 Å². The Balaban J connectivity index is 7.48. The first-order valence-corrected chi connectivity index (χ1v) is 48.9. The molecule has 0 aromatic heterocycles. The van der Waals surface area contributed by atoms with Gasteiger partial charge < -0.3 is 126 Å². The highest BCUT2D eigenvalue weighted by Gasteiger charge is 2.39. The van der Waals surface area contributed by atoms with Gasteiger partial charge >= 0.3 is 0 Å². The second-order valence-electron chi connectivity index (χ2n) is 37.5. The first kappa shape index (κ1) is 122. The molecule has 0 aliphatic carbocycles. The number of carbonyl (C=O) groups is 15. The van der Waals surface area contributed by atoms with Crippen molar-refractivity contribution in [2.24, 2.45) is 87.1 Å². The van der Waals surface area contributed by atoms with Gasteiger partial charge in [-0.15, -0.1) is 0 Å². The van der Waals surface area contributed by atoms with Crippen molar-refractivity contribution in [1.82, 2.24) is 74.4 Å². The maximum Gasteiger partial charge on any atom is 0.243 e. The summed E-state index contributed by atoms with van der Waals surface area (Å²) in [7, 11) is 0. The van der Waals surface area contributed by atoms with Crippen LogP contribution in [0.4, 0.5) is 0 Å². The van der Waals surface area contributed by atoms with E-state index in [9.17, 15) is 71.9 Å². The van der Waals surface area contributed by atoms with E-state index in [1.807, 2.05) is 83.1 Å². The summed E-state index contributed by atoms with van der Waals surface area (Å²) >= 11 is 0. The second-order valence-corrected chi connectivity index (χ2v) is 37.5. The summed E-state index contributed by atoms with van der Waals surface area (Å²) in [6.07, 6.45) is 13.3. The summed E-state index contributed by atoms with van der Waals surface area (Å²) in [4.78, 5) is 216.